The zero-order valence-electron chi connectivity index (χ0n) is 8.61. The molecule has 0 aliphatic carbocycles. The topological polar surface area (TPSA) is 22.1 Å². The third-order valence-corrected chi connectivity index (χ3v) is 2.72. The average Bonchev–Trinajstić information content (AvgIpc) is 2.33. The molecule has 1 aromatic heterocycles. The fourth-order valence-electron chi connectivity index (χ4n) is 1.22. The Morgan fingerprint density at radius 2 is 1.88 bits per heavy atom. The van der Waals surface area contributed by atoms with Gasteiger partial charge in [0.15, 0.2) is 0 Å². The number of halogens is 3. The van der Waals surface area contributed by atoms with Crippen LogP contribution in [0.25, 0.3) is 0 Å². The van der Waals surface area contributed by atoms with Crippen LogP contribution in [0.4, 0.5) is 8.78 Å². The van der Waals surface area contributed by atoms with Crippen LogP contribution in [0.3, 0.4) is 0 Å². The summed E-state index contributed by atoms with van der Waals surface area (Å²) in [6, 6.07) is 9.96. The summed E-state index contributed by atoms with van der Waals surface area (Å²) in [7, 11) is 0. The van der Waals surface area contributed by atoms with Crippen molar-refractivity contribution in [1.29, 1.82) is 0 Å². The highest BCUT2D eigenvalue weighted by Crippen LogP contribution is 2.28. The minimum atomic E-state index is -2.51. The molecule has 0 aliphatic heterocycles. The Morgan fingerprint density at radius 3 is 2.47 bits per heavy atom. The van der Waals surface area contributed by atoms with Crippen molar-refractivity contribution in [3.63, 3.8) is 0 Å². The van der Waals surface area contributed by atoms with E-state index in [-0.39, 0.29) is 11.4 Å². The second-order valence-electron chi connectivity index (χ2n) is 3.26. The molecule has 88 valence electrons. The van der Waals surface area contributed by atoms with Crippen LogP contribution in [0.1, 0.15) is 12.0 Å². The van der Waals surface area contributed by atoms with Crippen molar-refractivity contribution in [3.8, 4) is 11.6 Å². The third kappa shape index (κ3) is 3.00. The lowest BCUT2D eigenvalue weighted by atomic mass is 10.3. The summed E-state index contributed by atoms with van der Waals surface area (Å²) in [5.41, 5.74) is -0.121. The van der Waals surface area contributed by atoms with E-state index in [4.69, 9.17) is 4.74 Å². The number of para-hydroxylation sites is 1. The normalized spacial score (nSPS) is 10.6. The Kier molecular flexibility index (Phi) is 3.68. The summed E-state index contributed by atoms with van der Waals surface area (Å²) >= 11 is 3.32. The number of hydrogen-bond acceptors (Lipinski definition) is 2. The van der Waals surface area contributed by atoms with Gasteiger partial charge in [-0.1, -0.05) is 12.1 Å². The molecule has 0 amide bonds. The molecular formula is C12H8BrF2NO. The van der Waals surface area contributed by atoms with E-state index in [1.165, 1.54) is 12.1 Å². The molecular weight excluding hydrogens is 292 g/mol. The van der Waals surface area contributed by atoms with Crippen LogP contribution in [0, 0.1) is 0 Å². The van der Waals surface area contributed by atoms with E-state index >= 15 is 0 Å². The zero-order chi connectivity index (χ0) is 12.3. The van der Waals surface area contributed by atoms with E-state index in [0.29, 0.717) is 5.75 Å². The Labute approximate surface area is 105 Å². The number of nitrogens with zero attached hydrogens (tertiary/aromatic N) is 1. The molecule has 0 aliphatic rings. The first-order chi connectivity index (χ1) is 8.16. The molecule has 0 bridgehead atoms. The van der Waals surface area contributed by atoms with Gasteiger partial charge in [-0.25, -0.2) is 13.8 Å². The predicted octanol–water partition coefficient (Wildman–Crippen LogP) is 4.57. The summed E-state index contributed by atoms with van der Waals surface area (Å²) in [6.07, 6.45) is -1.41. The molecule has 17 heavy (non-hydrogen) atoms. The maximum Gasteiger partial charge on any atom is 0.265 e. The predicted molar refractivity (Wildman–Crippen MR) is 63.4 cm³/mol. The Hall–Kier alpha value is -1.49. The zero-order valence-corrected chi connectivity index (χ0v) is 10.2. The van der Waals surface area contributed by atoms with E-state index in [9.17, 15) is 8.78 Å². The largest absolute Gasteiger partial charge is 0.438 e. The van der Waals surface area contributed by atoms with Gasteiger partial charge in [0.2, 0.25) is 5.88 Å². The highest BCUT2D eigenvalue weighted by atomic mass is 79.9. The van der Waals surface area contributed by atoms with Crippen LogP contribution in [-0.4, -0.2) is 4.98 Å². The van der Waals surface area contributed by atoms with Gasteiger partial charge in [0, 0.05) is 17.8 Å². The molecule has 2 aromatic rings. The number of alkyl halides is 2. The highest BCUT2D eigenvalue weighted by molar-refractivity contribution is 9.10. The first-order valence-corrected chi connectivity index (χ1v) is 5.62. The van der Waals surface area contributed by atoms with E-state index in [1.807, 2.05) is 18.2 Å². The molecule has 0 saturated heterocycles. The van der Waals surface area contributed by atoms with E-state index in [0.717, 1.165) is 10.7 Å². The SMILES string of the molecule is FC(F)c1ccc(Oc2ccccc2Br)nc1. The van der Waals surface area contributed by atoms with Crippen molar-refractivity contribution in [1.82, 2.24) is 4.98 Å². The van der Waals surface area contributed by atoms with Crippen molar-refractivity contribution in [3.05, 3.63) is 52.6 Å². The number of rotatable bonds is 3. The number of hydrogen-bond donors (Lipinski definition) is 0. The van der Waals surface area contributed by atoms with E-state index < -0.39 is 6.43 Å². The highest BCUT2D eigenvalue weighted by Gasteiger charge is 2.08. The molecule has 0 atom stereocenters. The molecule has 2 nitrogen and oxygen atoms in total. The first kappa shape index (κ1) is 12.0. The molecule has 1 aromatic carbocycles. The van der Waals surface area contributed by atoms with Crippen LogP contribution in [0.15, 0.2) is 47.1 Å². The van der Waals surface area contributed by atoms with Crippen LogP contribution >= 0.6 is 15.9 Å². The van der Waals surface area contributed by atoms with Gasteiger partial charge in [-0.2, -0.15) is 0 Å². The van der Waals surface area contributed by atoms with Crippen LogP contribution in [0.5, 0.6) is 11.6 Å². The molecule has 1 heterocycles. The Morgan fingerprint density at radius 1 is 1.12 bits per heavy atom. The summed E-state index contributed by atoms with van der Waals surface area (Å²) in [6.45, 7) is 0. The third-order valence-electron chi connectivity index (χ3n) is 2.06. The number of benzene rings is 1. The fraction of sp³-hybridized carbons (Fsp3) is 0.0833. The minimum Gasteiger partial charge on any atom is -0.438 e. The summed E-state index contributed by atoms with van der Waals surface area (Å²) in [4.78, 5) is 3.81. The van der Waals surface area contributed by atoms with Gasteiger partial charge in [0.1, 0.15) is 5.75 Å². The summed E-state index contributed by atoms with van der Waals surface area (Å²) in [5.74, 6) is 0.867. The molecule has 0 N–H and O–H groups in total. The lowest BCUT2D eigenvalue weighted by Crippen LogP contribution is -1.91. The van der Waals surface area contributed by atoms with Gasteiger partial charge < -0.3 is 4.74 Å². The number of pyridine rings is 1. The maximum atomic E-state index is 12.3. The Balaban J connectivity index is 2.17. The van der Waals surface area contributed by atoms with Crippen molar-refractivity contribution < 1.29 is 13.5 Å². The second-order valence-corrected chi connectivity index (χ2v) is 4.12. The van der Waals surface area contributed by atoms with Gasteiger partial charge in [0.05, 0.1) is 4.47 Å². The van der Waals surface area contributed by atoms with Crippen LogP contribution < -0.4 is 4.74 Å². The summed E-state index contributed by atoms with van der Waals surface area (Å²) in [5, 5.41) is 0. The molecule has 2 rings (SSSR count). The molecule has 0 spiro atoms. The van der Waals surface area contributed by atoms with Crippen molar-refractivity contribution >= 4 is 15.9 Å². The van der Waals surface area contributed by atoms with Crippen LogP contribution in [-0.2, 0) is 0 Å². The van der Waals surface area contributed by atoms with Crippen molar-refractivity contribution in [2.75, 3.05) is 0 Å². The average molecular weight is 300 g/mol. The van der Waals surface area contributed by atoms with Gasteiger partial charge in [-0.15, -0.1) is 0 Å². The Bertz CT molecular complexity index is 502. The lowest BCUT2D eigenvalue weighted by molar-refractivity contribution is 0.151. The van der Waals surface area contributed by atoms with E-state index in [1.54, 1.807) is 6.07 Å². The monoisotopic (exact) mass is 299 g/mol. The van der Waals surface area contributed by atoms with Gasteiger partial charge in [-0.3, -0.25) is 0 Å². The first-order valence-electron chi connectivity index (χ1n) is 4.83. The smallest absolute Gasteiger partial charge is 0.265 e. The molecule has 0 radical (unpaired) electrons. The second kappa shape index (κ2) is 5.23. The van der Waals surface area contributed by atoms with Gasteiger partial charge in [-0.05, 0) is 34.1 Å². The quantitative estimate of drug-likeness (QED) is 0.828. The molecule has 0 unspecified atom stereocenters. The maximum absolute atomic E-state index is 12.3. The van der Waals surface area contributed by atoms with Crippen molar-refractivity contribution in [2.24, 2.45) is 0 Å². The van der Waals surface area contributed by atoms with Crippen molar-refractivity contribution in [2.45, 2.75) is 6.43 Å². The summed E-state index contributed by atoms with van der Waals surface area (Å²) < 4.78 is 30.8. The number of ether oxygens (including phenoxy) is 1. The molecule has 5 heteroatoms. The van der Waals surface area contributed by atoms with Crippen LogP contribution in [0.2, 0.25) is 0 Å². The van der Waals surface area contributed by atoms with Gasteiger partial charge >= 0.3 is 0 Å². The number of aromatic nitrogens is 1. The standard InChI is InChI=1S/C12H8BrF2NO/c13-9-3-1-2-4-10(9)17-11-6-5-8(7-16-11)12(14)15/h1-7,12H. The lowest BCUT2D eigenvalue weighted by Gasteiger charge is -2.06. The van der Waals surface area contributed by atoms with E-state index in [2.05, 4.69) is 20.9 Å². The van der Waals surface area contributed by atoms with Gasteiger partial charge in [0.25, 0.3) is 6.43 Å². The fourth-order valence-corrected chi connectivity index (χ4v) is 1.59. The minimum absolute atomic E-state index is 0.121. The molecule has 0 fully saturated rings. The molecule has 0 saturated carbocycles.